The molecule has 1 heterocycles. The normalized spacial score (nSPS) is 27.1. The van der Waals surface area contributed by atoms with Crippen LogP contribution in [-0.4, -0.2) is 24.5 Å². The fourth-order valence-electron chi connectivity index (χ4n) is 4.54. The Morgan fingerprint density at radius 1 is 1.00 bits per heavy atom. The van der Waals surface area contributed by atoms with Gasteiger partial charge in [-0.25, -0.2) is 0 Å². The van der Waals surface area contributed by atoms with Gasteiger partial charge in [-0.1, -0.05) is 48.9 Å². The lowest BCUT2D eigenvalue weighted by atomic mass is 9.97. The molecule has 2 aromatic rings. The van der Waals surface area contributed by atoms with Gasteiger partial charge in [-0.15, -0.1) is 0 Å². The summed E-state index contributed by atoms with van der Waals surface area (Å²) in [7, 11) is 0. The van der Waals surface area contributed by atoms with E-state index in [4.69, 9.17) is 5.73 Å². The SMILES string of the molecule is NCC(c1cccc2ccccc12)N1CC2CCCC2C1. The van der Waals surface area contributed by atoms with E-state index in [0.29, 0.717) is 12.6 Å². The number of fused-ring (bicyclic) bond motifs is 2. The largest absolute Gasteiger partial charge is 0.329 e. The molecule has 0 spiro atoms. The highest BCUT2D eigenvalue weighted by atomic mass is 15.2. The summed E-state index contributed by atoms with van der Waals surface area (Å²) in [4.78, 5) is 2.65. The molecule has 21 heavy (non-hydrogen) atoms. The topological polar surface area (TPSA) is 29.3 Å². The highest BCUT2D eigenvalue weighted by Gasteiger charge is 2.38. The number of hydrogen-bond donors (Lipinski definition) is 1. The van der Waals surface area contributed by atoms with Crippen molar-refractivity contribution in [1.82, 2.24) is 4.90 Å². The van der Waals surface area contributed by atoms with Crippen molar-refractivity contribution in [1.29, 1.82) is 0 Å². The Kier molecular flexibility index (Phi) is 3.44. The molecule has 2 nitrogen and oxygen atoms in total. The summed E-state index contributed by atoms with van der Waals surface area (Å²) in [5, 5.41) is 2.69. The lowest BCUT2D eigenvalue weighted by molar-refractivity contribution is 0.233. The Bertz CT molecular complexity index is 619. The summed E-state index contributed by atoms with van der Waals surface area (Å²) < 4.78 is 0. The minimum absolute atomic E-state index is 0.377. The summed E-state index contributed by atoms with van der Waals surface area (Å²) in [6.45, 7) is 3.21. The minimum atomic E-state index is 0.377. The molecular weight excluding hydrogens is 256 g/mol. The van der Waals surface area contributed by atoms with E-state index in [0.717, 1.165) is 11.8 Å². The van der Waals surface area contributed by atoms with Crippen LogP contribution >= 0.6 is 0 Å². The fourth-order valence-corrected chi connectivity index (χ4v) is 4.54. The third-order valence-corrected chi connectivity index (χ3v) is 5.60. The van der Waals surface area contributed by atoms with Crippen LogP contribution in [0, 0.1) is 11.8 Å². The van der Waals surface area contributed by atoms with Crippen LogP contribution in [0.15, 0.2) is 42.5 Å². The fraction of sp³-hybridized carbons (Fsp3) is 0.474. The molecule has 2 fully saturated rings. The second-order valence-corrected chi connectivity index (χ2v) is 6.72. The molecule has 0 bridgehead atoms. The quantitative estimate of drug-likeness (QED) is 0.931. The summed E-state index contributed by atoms with van der Waals surface area (Å²) in [5.41, 5.74) is 7.60. The molecule has 0 amide bonds. The molecule has 0 aromatic heterocycles. The second-order valence-electron chi connectivity index (χ2n) is 6.72. The van der Waals surface area contributed by atoms with Gasteiger partial charge in [-0.3, -0.25) is 4.90 Å². The zero-order valence-corrected chi connectivity index (χ0v) is 12.5. The standard InChI is InChI=1S/C19H24N2/c20-11-19(21-12-15-7-3-8-16(15)13-21)18-10-4-6-14-5-1-2-9-17(14)18/h1-2,4-6,9-10,15-16,19H,3,7-8,11-13,20H2. The highest BCUT2D eigenvalue weighted by molar-refractivity contribution is 5.86. The number of nitrogens with zero attached hydrogens (tertiary/aromatic N) is 1. The molecule has 3 atom stereocenters. The first-order chi connectivity index (χ1) is 10.4. The number of rotatable bonds is 3. The molecule has 3 unspecified atom stereocenters. The first-order valence-electron chi connectivity index (χ1n) is 8.28. The van der Waals surface area contributed by atoms with E-state index in [1.54, 1.807) is 0 Å². The molecule has 1 saturated carbocycles. The molecule has 0 radical (unpaired) electrons. The first kappa shape index (κ1) is 13.3. The van der Waals surface area contributed by atoms with Gasteiger partial charge < -0.3 is 5.73 Å². The van der Waals surface area contributed by atoms with Crippen LogP contribution in [0.4, 0.5) is 0 Å². The number of likely N-dealkylation sites (tertiary alicyclic amines) is 1. The van der Waals surface area contributed by atoms with Crippen LogP contribution in [0.2, 0.25) is 0 Å². The average molecular weight is 280 g/mol. The van der Waals surface area contributed by atoms with E-state index in [-0.39, 0.29) is 0 Å². The van der Waals surface area contributed by atoms with Gasteiger partial charge in [0.15, 0.2) is 0 Å². The molecule has 2 aromatic carbocycles. The Balaban J connectivity index is 1.69. The lowest BCUT2D eigenvalue weighted by Gasteiger charge is -2.29. The van der Waals surface area contributed by atoms with Crippen molar-refractivity contribution in [3.8, 4) is 0 Å². The van der Waals surface area contributed by atoms with Crippen molar-refractivity contribution >= 4 is 10.8 Å². The molecule has 1 saturated heterocycles. The van der Waals surface area contributed by atoms with Gasteiger partial charge in [-0.2, -0.15) is 0 Å². The van der Waals surface area contributed by atoms with Crippen molar-refractivity contribution in [2.45, 2.75) is 25.3 Å². The van der Waals surface area contributed by atoms with Gasteiger partial charge >= 0.3 is 0 Å². The summed E-state index contributed by atoms with van der Waals surface area (Å²) in [6.07, 6.45) is 4.28. The minimum Gasteiger partial charge on any atom is -0.329 e. The maximum atomic E-state index is 6.18. The zero-order chi connectivity index (χ0) is 14.2. The van der Waals surface area contributed by atoms with Gasteiger partial charge in [0.1, 0.15) is 0 Å². The van der Waals surface area contributed by atoms with Crippen LogP contribution in [0.1, 0.15) is 30.9 Å². The van der Waals surface area contributed by atoms with Gasteiger partial charge in [0.25, 0.3) is 0 Å². The summed E-state index contributed by atoms with van der Waals surface area (Å²) in [6, 6.07) is 15.7. The van der Waals surface area contributed by atoms with Crippen molar-refractivity contribution in [2.75, 3.05) is 19.6 Å². The van der Waals surface area contributed by atoms with Gasteiger partial charge in [0.2, 0.25) is 0 Å². The van der Waals surface area contributed by atoms with Crippen molar-refractivity contribution in [3.05, 3.63) is 48.0 Å². The zero-order valence-electron chi connectivity index (χ0n) is 12.5. The third-order valence-electron chi connectivity index (χ3n) is 5.60. The Hall–Kier alpha value is -1.38. The van der Waals surface area contributed by atoms with Crippen LogP contribution in [-0.2, 0) is 0 Å². The first-order valence-corrected chi connectivity index (χ1v) is 8.28. The molecule has 1 aliphatic heterocycles. The molecule has 1 aliphatic carbocycles. The maximum Gasteiger partial charge on any atom is 0.0476 e. The number of nitrogens with two attached hydrogens (primary N) is 1. The average Bonchev–Trinajstić information content (AvgIpc) is 3.10. The van der Waals surface area contributed by atoms with Crippen LogP contribution < -0.4 is 5.73 Å². The molecule has 2 aliphatic rings. The molecule has 2 N–H and O–H groups in total. The van der Waals surface area contributed by atoms with Gasteiger partial charge in [0, 0.05) is 25.7 Å². The van der Waals surface area contributed by atoms with E-state index < -0.39 is 0 Å². The molecule has 2 heteroatoms. The lowest BCUT2D eigenvalue weighted by Crippen LogP contribution is -2.32. The van der Waals surface area contributed by atoms with E-state index in [1.807, 2.05) is 0 Å². The van der Waals surface area contributed by atoms with Crippen LogP contribution in [0.25, 0.3) is 10.8 Å². The molecule has 4 rings (SSSR count). The highest BCUT2D eigenvalue weighted by Crippen LogP contribution is 2.41. The van der Waals surface area contributed by atoms with Gasteiger partial charge in [0.05, 0.1) is 0 Å². The monoisotopic (exact) mass is 280 g/mol. The Morgan fingerprint density at radius 2 is 1.71 bits per heavy atom. The summed E-state index contributed by atoms with van der Waals surface area (Å²) in [5.74, 6) is 1.85. The number of hydrogen-bond acceptors (Lipinski definition) is 2. The van der Waals surface area contributed by atoms with E-state index in [1.165, 1.54) is 48.7 Å². The Morgan fingerprint density at radius 3 is 2.48 bits per heavy atom. The van der Waals surface area contributed by atoms with Gasteiger partial charge in [-0.05, 0) is 41.0 Å². The van der Waals surface area contributed by atoms with E-state index in [2.05, 4.69) is 47.4 Å². The van der Waals surface area contributed by atoms with E-state index >= 15 is 0 Å². The molecular formula is C19H24N2. The number of benzene rings is 2. The van der Waals surface area contributed by atoms with Crippen molar-refractivity contribution in [2.24, 2.45) is 17.6 Å². The maximum absolute atomic E-state index is 6.18. The third kappa shape index (κ3) is 2.27. The second kappa shape index (κ2) is 5.43. The molecule has 110 valence electrons. The van der Waals surface area contributed by atoms with Crippen LogP contribution in [0.3, 0.4) is 0 Å². The van der Waals surface area contributed by atoms with Crippen LogP contribution in [0.5, 0.6) is 0 Å². The predicted octanol–water partition coefficient (Wildman–Crippen LogP) is 3.57. The Labute approximate surface area is 126 Å². The van der Waals surface area contributed by atoms with Crippen molar-refractivity contribution in [3.63, 3.8) is 0 Å². The predicted molar refractivity (Wildman–Crippen MR) is 88.1 cm³/mol. The smallest absolute Gasteiger partial charge is 0.0476 e. The van der Waals surface area contributed by atoms with E-state index in [9.17, 15) is 0 Å². The summed E-state index contributed by atoms with van der Waals surface area (Å²) >= 11 is 0. The van der Waals surface area contributed by atoms with Crippen molar-refractivity contribution < 1.29 is 0 Å².